The summed E-state index contributed by atoms with van der Waals surface area (Å²) in [6.45, 7) is 6.70. The van der Waals surface area contributed by atoms with Gasteiger partial charge in [0.05, 0.1) is 15.9 Å². The number of hydrogen-bond acceptors (Lipinski definition) is 1. The zero-order chi connectivity index (χ0) is 15.1. The van der Waals surface area contributed by atoms with Gasteiger partial charge in [-0.1, -0.05) is 44.4 Å². The minimum Gasteiger partial charge on any atom is -0.323 e. The summed E-state index contributed by atoms with van der Waals surface area (Å²) in [5.41, 5.74) is 2.00. The Morgan fingerprint density at radius 3 is 2.76 bits per heavy atom. The standard InChI is InChI=1S/C17H22Cl2N2/c1-10-6-4-8-14(11(10)2)21-15-9-5-7-13(19)16(15)20-17(21)12(3)18/h5,7,9-12,14H,4,6,8H2,1-3H3. The number of aromatic nitrogens is 2. The van der Waals surface area contributed by atoms with E-state index < -0.39 is 0 Å². The third kappa shape index (κ3) is 2.57. The van der Waals surface area contributed by atoms with Gasteiger partial charge in [0.25, 0.3) is 0 Å². The second-order valence-electron chi connectivity index (χ2n) is 6.40. The molecule has 1 aromatic heterocycles. The highest BCUT2D eigenvalue weighted by molar-refractivity contribution is 6.35. The fourth-order valence-corrected chi connectivity index (χ4v) is 4.01. The third-order valence-corrected chi connectivity index (χ3v) is 5.55. The molecule has 114 valence electrons. The van der Waals surface area contributed by atoms with Crippen molar-refractivity contribution in [3.8, 4) is 0 Å². The molecular weight excluding hydrogens is 303 g/mol. The quantitative estimate of drug-likeness (QED) is 0.620. The second kappa shape index (κ2) is 5.81. The lowest BCUT2D eigenvalue weighted by Crippen LogP contribution is -2.28. The molecule has 0 saturated heterocycles. The van der Waals surface area contributed by atoms with Gasteiger partial charge >= 0.3 is 0 Å². The van der Waals surface area contributed by atoms with Gasteiger partial charge in [0.1, 0.15) is 11.3 Å². The van der Waals surface area contributed by atoms with E-state index in [-0.39, 0.29) is 5.38 Å². The first-order chi connectivity index (χ1) is 10.0. The minimum absolute atomic E-state index is 0.113. The van der Waals surface area contributed by atoms with Gasteiger partial charge < -0.3 is 4.57 Å². The zero-order valence-corrected chi connectivity index (χ0v) is 14.3. The van der Waals surface area contributed by atoms with E-state index in [0.717, 1.165) is 22.8 Å². The van der Waals surface area contributed by atoms with Crippen molar-refractivity contribution in [2.45, 2.75) is 51.5 Å². The molecule has 1 aliphatic rings. The molecule has 0 N–H and O–H groups in total. The minimum atomic E-state index is -0.113. The molecule has 21 heavy (non-hydrogen) atoms. The molecule has 1 fully saturated rings. The number of imidazole rings is 1. The maximum Gasteiger partial charge on any atom is 0.128 e. The van der Waals surface area contributed by atoms with Gasteiger partial charge in [-0.15, -0.1) is 11.6 Å². The Balaban J connectivity index is 2.20. The molecule has 0 aliphatic heterocycles. The van der Waals surface area contributed by atoms with Gasteiger partial charge in [0.2, 0.25) is 0 Å². The lowest BCUT2D eigenvalue weighted by molar-refractivity contribution is 0.186. The van der Waals surface area contributed by atoms with Crippen LogP contribution in [0.25, 0.3) is 11.0 Å². The Labute approximate surface area is 136 Å². The summed E-state index contributed by atoms with van der Waals surface area (Å²) >= 11 is 12.7. The topological polar surface area (TPSA) is 17.8 Å². The van der Waals surface area contributed by atoms with Crippen molar-refractivity contribution < 1.29 is 0 Å². The van der Waals surface area contributed by atoms with Crippen molar-refractivity contribution in [1.29, 1.82) is 0 Å². The SMILES string of the molecule is CC(Cl)c1nc2c(Cl)cccc2n1C1CCCC(C)C1C. The Hall–Kier alpha value is -0.730. The Morgan fingerprint density at radius 1 is 1.29 bits per heavy atom. The summed E-state index contributed by atoms with van der Waals surface area (Å²) < 4.78 is 2.36. The molecule has 2 aromatic rings. The van der Waals surface area contributed by atoms with E-state index in [0.29, 0.717) is 17.0 Å². The van der Waals surface area contributed by atoms with E-state index in [9.17, 15) is 0 Å². The lowest BCUT2D eigenvalue weighted by Gasteiger charge is -2.36. The predicted molar refractivity (Wildman–Crippen MR) is 90.2 cm³/mol. The van der Waals surface area contributed by atoms with Crippen LogP contribution in [0.1, 0.15) is 57.3 Å². The third-order valence-electron chi connectivity index (χ3n) is 5.05. The highest BCUT2D eigenvalue weighted by atomic mass is 35.5. The number of fused-ring (bicyclic) bond motifs is 1. The first-order valence-electron chi connectivity index (χ1n) is 7.81. The molecule has 4 heteroatoms. The van der Waals surface area contributed by atoms with Crippen molar-refractivity contribution in [3.63, 3.8) is 0 Å². The number of benzene rings is 1. The highest BCUT2D eigenvalue weighted by Crippen LogP contribution is 2.42. The smallest absolute Gasteiger partial charge is 0.128 e. The maximum atomic E-state index is 6.41. The van der Waals surface area contributed by atoms with Crippen LogP contribution in [0.5, 0.6) is 0 Å². The average molecular weight is 325 g/mol. The molecule has 4 atom stereocenters. The van der Waals surface area contributed by atoms with Gasteiger partial charge in [-0.25, -0.2) is 4.98 Å². The van der Waals surface area contributed by atoms with Crippen LogP contribution in [0.4, 0.5) is 0 Å². The number of nitrogens with zero attached hydrogens (tertiary/aromatic N) is 2. The van der Waals surface area contributed by atoms with Gasteiger partial charge in [0, 0.05) is 6.04 Å². The summed E-state index contributed by atoms with van der Waals surface area (Å²) in [4.78, 5) is 4.75. The van der Waals surface area contributed by atoms with E-state index in [1.54, 1.807) is 0 Å². The van der Waals surface area contributed by atoms with Crippen LogP contribution in [0.2, 0.25) is 5.02 Å². The normalized spacial score (nSPS) is 28.0. The summed E-state index contributed by atoms with van der Waals surface area (Å²) in [7, 11) is 0. The van der Waals surface area contributed by atoms with E-state index in [1.165, 1.54) is 19.3 Å². The summed E-state index contributed by atoms with van der Waals surface area (Å²) in [5, 5.41) is 0.597. The van der Waals surface area contributed by atoms with Crippen LogP contribution in [-0.4, -0.2) is 9.55 Å². The molecule has 1 aromatic carbocycles. The van der Waals surface area contributed by atoms with Crippen LogP contribution in [0.15, 0.2) is 18.2 Å². The number of para-hydroxylation sites is 1. The number of alkyl halides is 1. The molecule has 0 bridgehead atoms. The summed E-state index contributed by atoms with van der Waals surface area (Å²) in [5.74, 6) is 2.31. The van der Waals surface area contributed by atoms with E-state index in [2.05, 4.69) is 24.5 Å². The molecule has 0 radical (unpaired) electrons. The predicted octanol–water partition coefficient (Wildman–Crippen LogP) is 5.99. The van der Waals surface area contributed by atoms with Crippen molar-refractivity contribution in [3.05, 3.63) is 29.0 Å². The van der Waals surface area contributed by atoms with E-state index in [4.69, 9.17) is 28.2 Å². The Morgan fingerprint density at radius 2 is 2.05 bits per heavy atom. The van der Waals surface area contributed by atoms with Gasteiger partial charge in [0.15, 0.2) is 0 Å². The highest BCUT2D eigenvalue weighted by Gasteiger charge is 2.32. The zero-order valence-electron chi connectivity index (χ0n) is 12.8. The molecule has 3 rings (SSSR count). The van der Waals surface area contributed by atoms with Crippen LogP contribution in [0.3, 0.4) is 0 Å². The second-order valence-corrected chi connectivity index (χ2v) is 7.46. The lowest BCUT2D eigenvalue weighted by atomic mass is 9.78. The van der Waals surface area contributed by atoms with Crippen LogP contribution < -0.4 is 0 Å². The van der Waals surface area contributed by atoms with Crippen LogP contribution in [0, 0.1) is 11.8 Å². The van der Waals surface area contributed by atoms with Gasteiger partial charge in [-0.3, -0.25) is 0 Å². The molecular formula is C17H22Cl2N2. The van der Waals surface area contributed by atoms with E-state index >= 15 is 0 Å². The first kappa shape index (κ1) is 15.2. The van der Waals surface area contributed by atoms with Crippen LogP contribution >= 0.6 is 23.2 Å². The first-order valence-corrected chi connectivity index (χ1v) is 8.62. The Kier molecular flexibility index (Phi) is 4.20. The number of halogens is 2. The van der Waals surface area contributed by atoms with Crippen molar-refractivity contribution in [2.24, 2.45) is 11.8 Å². The Bertz CT molecular complexity index is 648. The van der Waals surface area contributed by atoms with Crippen molar-refractivity contribution >= 4 is 34.2 Å². The summed E-state index contributed by atoms with van der Waals surface area (Å²) in [6.07, 6.45) is 3.78. The molecule has 0 amide bonds. The van der Waals surface area contributed by atoms with Gasteiger partial charge in [-0.2, -0.15) is 0 Å². The van der Waals surface area contributed by atoms with Gasteiger partial charge in [-0.05, 0) is 37.3 Å². The molecule has 1 heterocycles. The fraction of sp³-hybridized carbons (Fsp3) is 0.588. The van der Waals surface area contributed by atoms with Crippen molar-refractivity contribution in [2.75, 3.05) is 0 Å². The number of hydrogen-bond donors (Lipinski definition) is 0. The fourth-order valence-electron chi connectivity index (χ4n) is 3.65. The number of rotatable bonds is 2. The molecule has 4 unspecified atom stereocenters. The molecule has 0 spiro atoms. The average Bonchev–Trinajstić information content (AvgIpc) is 2.83. The summed E-state index contributed by atoms with van der Waals surface area (Å²) in [6, 6.07) is 6.48. The van der Waals surface area contributed by atoms with Crippen LogP contribution in [-0.2, 0) is 0 Å². The molecule has 1 saturated carbocycles. The van der Waals surface area contributed by atoms with Crippen molar-refractivity contribution in [1.82, 2.24) is 9.55 Å². The van der Waals surface area contributed by atoms with E-state index in [1.807, 2.05) is 19.1 Å². The monoisotopic (exact) mass is 324 g/mol. The maximum absolute atomic E-state index is 6.41. The molecule has 1 aliphatic carbocycles. The largest absolute Gasteiger partial charge is 0.323 e. The molecule has 2 nitrogen and oxygen atoms in total.